The summed E-state index contributed by atoms with van der Waals surface area (Å²) in [5, 5.41) is 2.64. The van der Waals surface area contributed by atoms with Gasteiger partial charge in [-0.25, -0.2) is 4.79 Å². The van der Waals surface area contributed by atoms with Crippen LogP contribution in [0.5, 0.6) is 11.5 Å². The first-order chi connectivity index (χ1) is 12.3. The van der Waals surface area contributed by atoms with Gasteiger partial charge in [0.2, 0.25) is 5.91 Å². The normalized spacial score (nSPS) is 11.9. The van der Waals surface area contributed by atoms with Gasteiger partial charge < -0.3 is 19.5 Å². The van der Waals surface area contributed by atoms with Crippen LogP contribution in [0.1, 0.15) is 33.3 Å². The molecular formula is C19H25NO6. The fourth-order valence-electron chi connectivity index (χ4n) is 2.13. The van der Waals surface area contributed by atoms with Crippen molar-refractivity contribution in [1.82, 2.24) is 5.32 Å². The Morgan fingerprint density at radius 2 is 1.88 bits per heavy atom. The van der Waals surface area contributed by atoms with Crippen LogP contribution in [0.25, 0.3) is 6.08 Å². The molecule has 1 aromatic carbocycles. The smallest absolute Gasteiger partial charge is 0.328 e. The molecule has 1 atom stereocenters. The minimum atomic E-state index is -0.715. The highest BCUT2D eigenvalue weighted by atomic mass is 16.6. The van der Waals surface area contributed by atoms with E-state index in [4.69, 9.17) is 14.2 Å². The van der Waals surface area contributed by atoms with Crippen molar-refractivity contribution in [2.45, 2.75) is 33.7 Å². The number of hydrogen-bond donors (Lipinski definition) is 1. The number of nitrogens with one attached hydrogen (secondary N) is 1. The standard InChI is InChI=1S/C19H25NO6/c1-6-25-19(23)18(12(2)3)20-17(22)10-8-14-7-9-15(26-13(4)21)16(11-14)24-5/h7-12,18H,6H2,1-5H3,(H,20,22)/b10-8+/t18-/m0/s1. The van der Waals surface area contributed by atoms with Crippen molar-refractivity contribution < 1.29 is 28.6 Å². The fourth-order valence-corrected chi connectivity index (χ4v) is 2.13. The van der Waals surface area contributed by atoms with Crippen molar-refractivity contribution in [2.24, 2.45) is 5.92 Å². The van der Waals surface area contributed by atoms with Crippen LogP contribution < -0.4 is 14.8 Å². The third-order valence-corrected chi connectivity index (χ3v) is 3.37. The van der Waals surface area contributed by atoms with E-state index < -0.39 is 23.9 Å². The molecule has 0 unspecified atom stereocenters. The van der Waals surface area contributed by atoms with Gasteiger partial charge in [-0.3, -0.25) is 9.59 Å². The second-order valence-corrected chi connectivity index (χ2v) is 5.82. The molecule has 0 radical (unpaired) electrons. The highest BCUT2D eigenvalue weighted by Gasteiger charge is 2.24. The van der Waals surface area contributed by atoms with Gasteiger partial charge in [0, 0.05) is 13.0 Å². The van der Waals surface area contributed by atoms with E-state index in [2.05, 4.69) is 5.32 Å². The molecule has 1 rings (SSSR count). The van der Waals surface area contributed by atoms with E-state index >= 15 is 0 Å². The molecule has 0 aliphatic rings. The zero-order chi connectivity index (χ0) is 19.7. The van der Waals surface area contributed by atoms with Gasteiger partial charge in [-0.15, -0.1) is 0 Å². The van der Waals surface area contributed by atoms with Crippen molar-refractivity contribution in [1.29, 1.82) is 0 Å². The molecule has 0 bridgehead atoms. The average Bonchev–Trinajstić information content (AvgIpc) is 2.58. The largest absolute Gasteiger partial charge is 0.493 e. The lowest BCUT2D eigenvalue weighted by atomic mass is 10.0. The Bertz CT molecular complexity index is 681. The summed E-state index contributed by atoms with van der Waals surface area (Å²) in [4.78, 5) is 35.0. The lowest BCUT2D eigenvalue weighted by Crippen LogP contribution is -2.44. The van der Waals surface area contributed by atoms with Crippen LogP contribution >= 0.6 is 0 Å². The Morgan fingerprint density at radius 3 is 2.42 bits per heavy atom. The number of carbonyl (C=O) groups excluding carboxylic acids is 3. The van der Waals surface area contributed by atoms with Gasteiger partial charge >= 0.3 is 11.9 Å². The first-order valence-electron chi connectivity index (χ1n) is 8.30. The summed E-state index contributed by atoms with van der Waals surface area (Å²) in [6.07, 6.45) is 2.88. The number of benzene rings is 1. The maximum Gasteiger partial charge on any atom is 0.328 e. The molecule has 0 spiro atoms. The number of esters is 2. The number of methoxy groups -OCH3 is 1. The van der Waals surface area contributed by atoms with E-state index in [0.29, 0.717) is 17.1 Å². The van der Waals surface area contributed by atoms with E-state index in [-0.39, 0.29) is 12.5 Å². The summed E-state index contributed by atoms with van der Waals surface area (Å²) in [6.45, 7) is 6.91. The summed E-state index contributed by atoms with van der Waals surface area (Å²) in [5.41, 5.74) is 0.671. The zero-order valence-electron chi connectivity index (χ0n) is 15.7. The van der Waals surface area contributed by atoms with Crippen LogP contribution in [0.3, 0.4) is 0 Å². The molecule has 26 heavy (non-hydrogen) atoms. The molecule has 0 aliphatic heterocycles. The van der Waals surface area contributed by atoms with Crippen LogP contribution in [0.2, 0.25) is 0 Å². The van der Waals surface area contributed by atoms with Crippen molar-refractivity contribution in [3.05, 3.63) is 29.8 Å². The highest BCUT2D eigenvalue weighted by molar-refractivity contribution is 5.94. The summed E-state index contributed by atoms with van der Waals surface area (Å²) in [6, 6.07) is 4.17. The van der Waals surface area contributed by atoms with Gasteiger partial charge in [0.1, 0.15) is 6.04 Å². The molecule has 0 fully saturated rings. The predicted octanol–water partition coefficient (Wildman–Crippen LogP) is 2.34. The molecule has 1 aromatic rings. The number of rotatable bonds is 8. The Balaban J connectivity index is 2.83. The average molecular weight is 363 g/mol. The molecule has 0 aliphatic carbocycles. The van der Waals surface area contributed by atoms with Gasteiger partial charge in [-0.2, -0.15) is 0 Å². The second kappa shape index (κ2) is 10.2. The Kier molecular flexibility index (Phi) is 8.34. The molecule has 0 heterocycles. The summed E-state index contributed by atoms with van der Waals surface area (Å²) < 4.78 is 15.2. The van der Waals surface area contributed by atoms with E-state index in [1.54, 1.807) is 31.2 Å². The maximum absolute atomic E-state index is 12.1. The minimum absolute atomic E-state index is 0.102. The van der Waals surface area contributed by atoms with Gasteiger partial charge in [-0.1, -0.05) is 19.9 Å². The predicted molar refractivity (Wildman–Crippen MR) is 96.7 cm³/mol. The van der Waals surface area contributed by atoms with Gasteiger partial charge in [0.25, 0.3) is 0 Å². The van der Waals surface area contributed by atoms with Crippen LogP contribution in [-0.4, -0.2) is 37.6 Å². The topological polar surface area (TPSA) is 90.9 Å². The monoisotopic (exact) mass is 363 g/mol. The van der Waals surface area contributed by atoms with Crippen molar-refractivity contribution in [3.63, 3.8) is 0 Å². The van der Waals surface area contributed by atoms with Gasteiger partial charge in [-0.05, 0) is 36.6 Å². The van der Waals surface area contributed by atoms with Crippen LogP contribution in [0, 0.1) is 5.92 Å². The number of amides is 1. The van der Waals surface area contributed by atoms with Crippen LogP contribution in [-0.2, 0) is 19.1 Å². The number of carbonyl (C=O) groups is 3. The van der Waals surface area contributed by atoms with Crippen molar-refractivity contribution >= 4 is 23.9 Å². The third kappa shape index (κ3) is 6.58. The molecule has 1 amide bonds. The van der Waals surface area contributed by atoms with E-state index in [1.807, 2.05) is 13.8 Å². The molecule has 7 nitrogen and oxygen atoms in total. The SMILES string of the molecule is CCOC(=O)[C@@H](NC(=O)/C=C/c1ccc(OC(C)=O)c(OC)c1)C(C)C. The van der Waals surface area contributed by atoms with Crippen molar-refractivity contribution in [2.75, 3.05) is 13.7 Å². The van der Waals surface area contributed by atoms with E-state index in [0.717, 1.165) is 0 Å². The minimum Gasteiger partial charge on any atom is -0.493 e. The second-order valence-electron chi connectivity index (χ2n) is 5.82. The Labute approximate surface area is 153 Å². The lowest BCUT2D eigenvalue weighted by Gasteiger charge is -2.19. The van der Waals surface area contributed by atoms with Crippen LogP contribution in [0.4, 0.5) is 0 Å². The fraction of sp³-hybridized carbons (Fsp3) is 0.421. The molecule has 0 saturated heterocycles. The third-order valence-electron chi connectivity index (χ3n) is 3.37. The maximum atomic E-state index is 12.1. The Morgan fingerprint density at radius 1 is 1.19 bits per heavy atom. The first kappa shape index (κ1) is 21.2. The number of ether oxygens (including phenoxy) is 3. The molecule has 0 saturated carbocycles. The lowest BCUT2D eigenvalue weighted by molar-refractivity contribution is -0.148. The van der Waals surface area contributed by atoms with E-state index in [1.165, 1.54) is 20.1 Å². The quantitative estimate of drug-likeness (QED) is 0.433. The molecule has 7 heteroatoms. The summed E-state index contributed by atoms with van der Waals surface area (Å²) in [7, 11) is 1.45. The molecule has 0 aromatic heterocycles. The molecule has 142 valence electrons. The Hall–Kier alpha value is -2.83. The zero-order valence-corrected chi connectivity index (χ0v) is 15.7. The van der Waals surface area contributed by atoms with Gasteiger partial charge in [0.15, 0.2) is 11.5 Å². The summed E-state index contributed by atoms with van der Waals surface area (Å²) >= 11 is 0. The first-order valence-corrected chi connectivity index (χ1v) is 8.30. The number of hydrogen-bond acceptors (Lipinski definition) is 6. The molecular weight excluding hydrogens is 338 g/mol. The highest BCUT2D eigenvalue weighted by Crippen LogP contribution is 2.28. The summed E-state index contributed by atoms with van der Waals surface area (Å²) in [5.74, 6) is -0.770. The van der Waals surface area contributed by atoms with E-state index in [9.17, 15) is 14.4 Å². The molecule has 1 N–H and O–H groups in total. The van der Waals surface area contributed by atoms with Crippen LogP contribution in [0.15, 0.2) is 24.3 Å². The van der Waals surface area contributed by atoms with Crippen molar-refractivity contribution in [3.8, 4) is 11.5 Å². The van der Waals surface area contributed by atoms with Gasteiger partial charge in [0.05, 0.1) is 13.7 Å².